The Balaban J connectivity index is 2.98. The summed E-state index contributed by atoms with van der Waals surface area (Å²) >= 11 is 0. The maximum atomic E-state index is 13.6. The number of ether oxygens (including phenoxy) is 2. The van der Waals surface area contributed by atoms with Crippen molar-refractivity contribution in [2.75, 3.05) is 17.9 Å². The number of benzene rings is 1. The number of halogens is 4. The molecule has 0 bridgehead atoms. The first-order chi connectivity index (χ1) is 11.0. The number of hydrogen-bond donors (Lipinski definition) is 2. The lowest BCUT2D eigenvalue weighted by Gasteiger charge is -2.13. The molecule has 0 fully saturated rings. The molecule has 0 aliphatic rings. The first kappa shape index (κ1) is 19.7. The second-order valence-corrected chi connectivity index (χ2v) is 5.46. The van der Waals surface area contributed by atoms with Gasteiger partial charge in [0.2, 0.25) is 11.6 Å². The zero-order valence-corrected chi connectivity index (χ0v) is 12.8. The second kappa shape index (κ2) is 7.49. The summed E-state index contributed by atoms with van der Waals surface area (Å²) in [5.74, 6) is -10.7. The Kier molecular flexibility index (Phi) is 6.15. The molecule has 12 heteroatoms. The predicted molar refractivity (Wildman–Crippen MR) is 72.7 cm³/mol. The molecule has 2 N–H and O–H groups in total. The van der Waals surface area contributed by atoms with Gasteiger partial charge in [0.1, 0.15) is 18.9 Å². The van der Waals surface area contributed by atoms with E-state index in [4.69, 9.17) is 4.55 Å². The molecule has 1 aromatic rings. The summed E-state index contributed by atoms with van der Waals surface area (Å²) in [5, 5.41) is 0. The van der Waals surface area contributed by atoms with Crippen LogP contribution in [0.2, 0.25) is 0 Å². The molecule has 0 heterocycles. The third kappa shape index (κ3) is 4.83. The summed E-state index contributed by atoms with van der Waals surface area (Å²) < 4.78 is 93.8. The van der Waals surface area contributed by atoms with Crippen LogP contribution in [0.15, 0.2) is 12.2 Å². The van der Waals surface area contributed by atoms with E-state index in [0.29, 0.717) is 0 Å². The minimum absolute atomic E-state index is 0.0464. The number of anilines is 1. The van der Waals surface area contributed by atoms with Gasteiger partial charge < -0.3 is 9.47 Å². The van der Waals surface area contributed by atoms with E-state index >= 15 is 0 Å². The van der Waals surface area contributed by atoms with Crippen LogP contribution in [0, 0.1) is 23.3 Å². The summed E-state index contributed by atoms with van der Waals surface area (Å²) in [6, 6.07) is 0. The Labute approximate surface area is 133 Å². The van der Waals surface area contributed by atoms with Crippen molar-refractivity contribution in [3.63, 3.8) is 0 Å². The van der Waals surface area contributed by atoms with Crippen LogP contribution in [-0.2, 0) is 19.8 Å². The molecule has 1 aromatic carbocycles. The van der Waals surface area contributed by atoms with E-state index in [0.717, 1.165) is 4.72 Å². The van der Waals surface area contributed by atoms with Crippen molar-refractivity contribution < 1.29 is 44.8 Å². The van der Waals surface area contributed by atoms with E-state index in [9.17, 15) is 30.8 Å². The highest BCUT2D eigenvalue weighted by molar-refractivity contribution is 7.87. The maximum Gasteiger partial charge on any atom is 0.357 e. The molecule has 0 atom stereocenters. The normalized spacial score (nSPS) is 11.1. The maximum absolute atomic E-state index is 13.6. The lowest BCUT2D eigenvalue weighted by atomic mass is 10.2. The van der Waals surface area contributed by atoms with Crippen LogP contribution < -0.4 is 9.46 Å². The molecule has 0 saturated carbocycles. The molecule has 7 nitrogen and oxygen atoms in total. The Bertz CT molecular complexity index is 751. The summed E-state index contributed by atoms with van der Waals surface area (Å²) in [5.41, 5.74) is -1.71. The average molecular weight is 373 g/mol. The lowest BCUT2D eigenvalue weighted by molar-refractivity contribution is -0.139. The summed E-state index contributed by atoms with van der Waals surface area (Å²) in [6.45, 7) is 3.46. The van der Waals surface area contributed by atoms with Gasteiger partial charge in [-0.05, 0) is 6.92 Å². The van der Waals surface area contributed by atoms with Crippen LogP contribution in [0.3, 0.4) is 0 Å². The minimum atomic E-state index is -5.18. The Morgan fingerprint density at radius 2 is 1.62 bits per heavy atom. The van der Waals surface area contributed by atoms with Gasteiger partial charge in [0.15, 0.2) is 17.4 Å². The molecule has 0 aromatic heterocycles. The zero-order valence-electron chi connectivity index (χ0n) is 12.0. The number of esters is 1. The van der Waals surface area contributed by atoms with Crippen LogP contribution >= 0.6 is 0 Å². The summed E-state index contributed by atoms with van der Waals surface area (Å²) in [6.07, 6.45) is 0. The molecule has 0 aliphatic carbocycles. The van der Waals surface area contributed by atoms with Crippen molar-refractivity contribution in [1.82, 2.24) is 0 Å². The van der Waals surface area contributed by atoms with Gasteiger partial charge in [0.05, 0.1) is 0 Å². The Hall–Kier alpha value is -2.34. The van der Waals surface area contributed by atoms with Crippen molar-refractivity contribution in [3.8, 4) is 5.75 Å². The van der Waals surface area contributed by atoms with E-state index in [1.165, 1.54) is 6.92 Å². The van der Waals surface area contributed by atoms with E-state index in [1.807, 2.05) is 0 Å². The van der Waals surface area contributed by atoms with E-state index < -0.39 is 64.2 Å². The van der Waals surface area contributed by atoms with Gasteiger partial charge in [-0.3, -0.25) is 9.27 Å². The average Bonchev–Trinajstić information content (AvgIpc) is 2.47. The SMILES string of the molecule is C=C(C)C(=O)OCCOc1c(F)c(F)c(NS(=O)(=O)O)c(F)c1F. The highest BCUT2D eigenvalue weighted by Gasteiger charge is 2.28. The molecule has 134 valence electrons. The van der Waals surface area contributed by atoms with Gasteiger partial charge in [0, 0.05) is 5.57 Å². The fourth-order valence-corrected chi connectivity index (χ4v) is 1.80. The highest BCUT2D eigenvalue weighted by atomic mass is 32.2. The number of nitrogens with one attached hydrogen (secondary N) is 1. The van der Waals surface area contributed by atoms with Crippen molar-refractivity contribution in [2.24, 2.45) is 0 Å². The molecule has 0 saturated heterocycles. The van der Waals surface area contributed by atoms with Crippen molar-refractivity contribution in [1.29, 1.82) is 0 Å². The first-order valence-corrected chi connectivity index (χ1v) is 7.46. The highest BCUT2D eigenvalue weighted by Crippen LogP contribution is 2.33. The predicted octanol–water partition coefficient (Wildman–Crippen LogP) is 1.96. The zero-order chi connectivity index (χ0) is 18.7. The Morgan fingerprint density at radius 1 is 1.12 bits per heavy atom. The van der Waals surface area contributed by atoms with Crippen LogP contribution in [0.4, 0.5) is 23.2 Å². The van der Waals surface area contributed by atoms with Gasteiger partial charge >= 0.3 is 16.3 Å². The van der Waals surface area contributed by atoms with Crippen LogP contribution in [0.5, 0.6) is 5.75 Å². The standard InChI is InChI=1S/C12H11F4NO6S/c1-5(2)12(18)23-4-3-22-11-8(15)6(13)10(7(14)9(11)16)17-24(19,20)21/h17H,1,3-4H2,2H3,(H,19,20,21). The summed E-state index contributed by atoms with van der Waals surface area (Å²) in [7, 11) is -5.18. The number of carbonyl (C=O) groups is 1. The van der Waals surface area contributed by atoms with E-state index in [2.05, 4.69) is 16.1 Å². The fourth-order valence-electron chi connectivity index (χ4n) is 1.36. The fraction of sp³-hybridized carbons (Fsp3) is 0.250. The van der Waals surface area contributed by atoms with Gasteiger partial charge in [-0.2, -0.15) is 17.2 Å². The topological polar surface area (TPSA) is 102 Å². The van der Waals surface area contributed by atoms with Crippen molar-refractivity contribution in [2.45, 2.75) is 6.92 Å². The van der Waals surface area contributed by atoms with Gasteiger partial charge in [-0.1, -0.05) is 6.58 Å². The van der Waals surface area contributed by atoms with Gasteiger partial charge in [0.25, 0.3) is 0 Å². The molecule has 0 aliphatic heterocycles. The molecule has 0 amide bonds. The molecular formula is C12H11F4NO6S. The van der Waals surface area contributed by atoms with E-state index in [-0.39, 0.29) is 5.57 Å². The van der Waals surface area contributed by atoms with E-state index in [1.54, 1.807) is 0 Å². The van der Waals surface area contributed by atoms with Crippen LogP contribution in [0.1, 0.15) is 6.92 Å². The molecule has 0 unspecified atom stereocenters. The summed E-state index contributed by atoms with van der Waals surface area (Å²) in [4.78, 5) is 11.0. The smallest absolute Gasteiger partial charge is 0.357 e. The molecule has 1 rings (SSSR count). The monoisotopic (exact) mass is 373 g/mol. The molecule has 0 spiro atoms. The quantitative estimate of drug-likeness (QED) is 0.189. The van der Waals surface area contributed by atoms with Crippen molar-refractivity contribution >= 4 is 22.0 Å². The lowest BCUT2D eigenvalue weighted by Crippen LogP contribution is -2.17. The largest absolute Gasteiger partial charge is 0.484 e. The second-order valence-electron chi connectivity index (χ2n) is 4.30. The molecule has 0 radical (unpaired) electrons. The third-order valence-corrected chi connectivity index (χ3v) is 2.83. The van der Waals surface area contributed by atoms with Gasteiger partial charge in [-0.25, -0.2) is 13.6 Å². The van der Waals surface area contributed by atoms with Crippen LogP contribution in [0.25, 0.3) is 0 Å². The van der Waals surface area contributed by atoms with Gasteiger partial charge in [-0.15, -0.1) is 0 Å². The third-order valence-electron chi connectivity index (χ3n) is 2.37. The molecule has 24 heavy (non-hydrogen) atoms. The number of carbonyl (C=O) groups excluding carboxylic acids is 1. The number of hydrogen-bond acceptors (Lipinski definition) is 5. The Morgan fingerprint density at radius 3 is 2.04 bits per heavy atom. The minimum Gasteiger partial charge on any atom is -0.484 e. The van der Waals surface area contributed by atoms with Crippen LogP contribution in [-0.4, -0.2) is 32.2 Å². The molecular weight excluding hydrogens is 362 g/mol. The first-order valence-electron chi connectivity index (χ1n) is 6.02. The number of rotatable bonds is 7. The van der Waals surface area contributed by atoms with Crippen molar-refractivity contribution in [3.05, 3.63) is 35.4 Å².